The third kappa shape index (κ3) is 1.31. The molecule has 0 heterocycles. The van der Waals surface area contributed by atoms with Crippen LogP contribution in [0.2, 0.25) is 0 Å². The van der Waals surface area contributed by atoms with Gasteiger partial charge in [0.2, 0.25) is 5.92 Å². The van der Waals surface area contributed by atoms with Gasteiger partial charge in [0.1, 0.15) is 0 Å². The Hall–Kier alpha value is -0.400. The lowest BCUT2D eigenvalue weighted by molar-refractivity contribution is -0.156. The molecule has 0 spiro atoms. The minimum Gasteiger partial charge on any atom is -0.207 e. The number of hydrogen-bond donors (Lipinski definition) is 0. The van der Waals surface area contributed by atoms with Crippen molar-refractivity contribution < 1.29 is 8.78 Å². The van der Waals surface area contributed by atoms with Gasteiger partial charge in [0.05, 0.1) is 0 Å². The molecule has 0 unspecified atom stereocenters. The standard InChI is InChI=1S/C9H14F2/c1-4-8(7(2)3)5-9(10,11)6-8/h4,7H,1,5-6H2,2-3H3. The Morgan fingerprint density at radius 1 is 1.36 bits per heavy atom. The monoisotopic (exact) mass is 160 g/mol. The molecular weight excluding hydrogens is 146 g/mol. The molecule has 0 amide bonds. The second kappa shape index (κ2) is 2.29. The number of rotatable bonds is 2. The fourth-order valence-electron chi connectivity index (χ4n) is 1.70. The first-order chi connectivity index (χ1) is 4.92. The van der Waals surface area contributed by atoms with Crippen molar-refractivity contribution in [3.8, 4) is 0 Å². The topological polar surface area (TPSA) is 0 Å². The minimum atomic E-state index is -2.43. The van der Waals surface area contributed by atoms with Gasteiger partial charge in [0, 0.05) is 18.3 Å². The fourth-order valence-corrected chi connectivity index (χ4v) is 1.70. The van der Waals surface area contributed by atoms with Crippen LogP contribution in [0.25, 0.3) is 0 Å². The average molecular weight is 160 g/mol. The molecule has 1 saturated carbocycles. The molecular formula is C9H14F2. The smallest absolute Gasteiger partial charge is 0.207 e. The van der Waals surface area contributed by atoms with E-state index in [4.69, 9.17) is 0 Å². The molecule has 11 heavy (non-hydrogen) atoms. The van der Waals surface area contributed by atoms with Crippen molar-refractivity contribution in [2.75, 3.05) is 0 Å². The Morgan fingerprint density at radius 2 is 1.82 bits per heavy atom. The molecule has 0 atom stereocenters. The zero-order valence-corrected chi connectivity index (χ0v) is 7.03. The Morgan fingerprint density at radius 3 is 1.91 bits per heavy atom. The Balaban J connectivity index is 2.64. The molecule has 0 saturated heterocycles. The number of halogens is 2. The Bertz CT molecular complexity index is 162. The summed E-state index contributed by atoms with van der Waals surface area (Å²) in [7, 11) is 0. The van der Waals surface area contributed by atoms with Crippen molar-refractivity contribution in [2.45, 2.75) is 32.6 Å². The first kappa shape index (κ1) is 8.69. The van der Waals surface area contributed by atoms with Gasteiger partial charge < -0.3 is 0 Å². The third-order valence-electron chi connectivity index (χ3n) is 2.73. The summed E-state index contributed by atoms with van der Waals surface area (Å²) in [4.78, 5) is 0. The molecule has 0 aromatic rings. The predicted octanol–water partition coefficient (Wildman–Crippen LogP) is 3.24. The van der Waals surface area contributed by atoms with Crippen molar-refractivity contribution >= 4 is 0 Å². The van der Waals surface area contributed by atoms with Crippen molar-refractivity contribution in [3.63, 3.8) is 0 Å². The summed E-state index contributed by atoms with van der Waals surface area (Å²) >= 11 is 0. The van der Waals surface area contributed by atoms with Gasteiger partial charge in [0.25, 0.3) is 0 Å². The van der Waals surface area contributed by atoms with Crippen LogP contribution in [0.15, 0.2) is 12.7 Å². The molecule has 0 aromatic carbocycles. The van der Waals surface area contributed by atoms with Gasteiger partial charge in [-0.05, 0) is 5.92 Å². The first-order valence-electron chi connectivity index (χ1n) is 3.93. The third-order valence-corrected chi connectivity index (χ3v) is 2.73. The van der Waals surface area contributed by atoms with Gasteiger partial charge in [-0.25, -0.2) is 8.78 Å². The quantitative estimate of drug-likeness (QED) is 0.544. The van der Waals surface area contributed by atoms with Crippen LogP contribution < -0.4 is 0 Å². The van der Waals surface area contributed by atoms with Gasteiger partial charge in [0.15, 0.2) is 0 Å². The molecule has 0 nitrogen and oxygen atoms in total. The predicted molar refractivity (Wildman–Crippen MR) is 41.6 cm³/mol. The normalized spacial score (nSPS) is 26.3. The number of alkyl halides is 2. The number of hydrogen-bond acceptors (Lipinski definition) is 0. The Labute approximate surface area is 66.3 Å². The lowest BCUT2D eigenvalue weighted by Gasteiger charge is -2.48. The van der Waals surface area contributed by atoms with Crippen LogP contribution in [-0.4, -0.2) is 5.92 Å². The highest BCUT2D eigenvalue weighted by atomic mass is 19.3. The summed E-state index contributed by atoms with van der Waals surface area (Å²) in [5.74, 6) is -2.15. The maximum atomic E-state index is 12.5. The van der Waals surface area contributed by atoms with E-state index in [1.807, 2.05) is 13.8 Å². The van der Waals surface area contributed by atoms with Crippen molar-refractivity contribution in [1.82, 2.24) is 0 Å². The van der Waals surface area contributed by atoms with Crippen LogP contribution in [0, 0.1) is 11.3 Å². The second-order valence-corrected chi connectivity index (χ2v) is 3.80. The van der Waals surface area contributed by atoms with E-state index in [9.17, 15) is 8.78 Å². The molecule has 2 heteroatoms. The molecule has 0 radical (unpaired) electrons. The van der Waals surface area contributed by atoms with Crippen LogP contribution in [0.3, 0.4) is 0 Å². The zero-order chi connectivity index (χ0) is 8.70. The Kier molecular flexibility index (Phi) is 1.81. The summed E-state index contributed by atoms with van der Waals surface area (Å²) in [6.07, 6.45) is 1.66. The summed E-state index contributed by atoms with van der Waals surface area (Å²) in [6, 6.07) is 0. The van der Waals surface area contributed by atoms with E-state index in [2.05, 4.69) is 6.58 Å². The minimum absolute atomic E-state index is 0.0127. The van der Waals surface area contributed by atoms with Gasteiger partial charge in [-0.2, -0.15) is 0 Å². The molecule has 0 aliphatic heterocycles. The van der Waals surface area contributed by atoms with Crippen LogP contribution in [-0.2, 0) is 0 Å². The SMILES string of the molecule is C=CC1(C(C)C)CC(F)(F)C1. The maximum Gasteiger partial charge on any atom is 0.249 e. The summed E-state index contributed by atoms with van der Waals surface area (Å²) in [5, 5.41) is 0. The van der Waals surface area contributed by atoms with Crippen LogP contribution in [0.1, 0.15) is 26.7 Å². The summed E-state index contributed by atoms with van der Waals surface area (Å²) in [5.41, 5.74) is -0.288. The van der Waals surface area contributed by atoms with Crippen LogP contribution in [0.4, 0.5) is 8.78 Å². The molecule has 1 rings (SSSR count). The van der Waals surface area contributed by atoms with Crippen molar-refractivity contribution in [2.24, 2.45) is 11.3 Å². The van der Waals surface area contributed by atoms with Crippen LogP contribution >= 0.6 is 0 Å². The van der Waals surface area contributed by atoms with E-state index >= 15 is 0 Å². The lowest BCUT2D eigenvalue weighted by Crippen LogP contribution is -2.47. The van der Waals surface area contributed by atoms with Gasteiger partial charge >= 0.3 is 0 Å². The van der Waals surface area contributed by atoms with Gasteiger partial charge in [-0.1, -0.05) is 19.9 Å². The number of allylic oxidation sites excluding steroid dienone is 1. The summed E-state index contributed by atoms with van der Waals surface area (Å²) in [6.45, 7) is 7.55. The largest absolute Gasteiger partial charge is 0.249 e. The average Bonchev–Trinajstić information content (AvgIpc) is 1.81. The van der Waals surface area contributed by atoms with E-state index in [0.717, 1.165) is 0 Å². The highest BCUT2D eigenvalue weighted by Gasteiger charge is 2.55. The summed E-state index contributed by atoms with van der Waals surface area (Å²) < 4.78 is 25.1. The van der Waals surface area contributed by atoms with Gasteiger partial charge in [-0.3, -0.25) is 0 Å². The van der Waals surface area contributed by atoms with E-state index in [1.54, 1.807) is 6.08 Å². The fraction of sp³-hybridized carbons (Fsp3) is 0.778. The molecule has 0 aromatic heterocycles. The molecule has 1 fully saturated rings. The molecule has 1 aliphatic rings. The van der Waals surface area contributed by atoms with E-state index in [0.29, 0.717) is 0 Å². The van der Waals surface area contributed by atoms with E-state index < -0.39 is 5.92 Å². The molecule has 64 valence electrons. The van der Waals surface area contributed by atoms with Crippen molar-refractivity contribution in [3.05, 3.63) is 12.7 Å². The second-order valence-electron chi connectivity index (χ2n) is 3.80. The van der Waals surface area contributed by atoms with Crippen molar-refractivity contribution in [1.29, 1.82) is 0 Å². The first-order valence-corrected chi connectivity index (χ1v) is 3.93. The zero-order valence-electron chi connectivity index (χ0n) is 7.03. The highest BCUT2D eigenvalue weighted by Crippen LogP contribution is 2.56. The molecule has 0 bridgehead atoms. The van der Waals surface area contributed by atoms with Crippen LogP contribution in [0.5, 0.6) is 0 Å². The lowest BCUT2D eigenvalue weighted by atomic mass is 9.60. The van der Waals surface area contributed by atoms with E-state index in [-0.39, 0.29) is 24.2 Å². The molecule has 1 aliphatic carbocycles. The van der Waals surface area contributed by atoms with Gasteiger partial charge in [-0.15, -0.1) is 6.58 Å². The van der Waals surface area contributed by atoms with E-state index in [1.165, 1.54) is 0 Å². The molecule has 0 N–H and O–H groups in total. The maximum absolute atomic E-state index is 12.5. The highest BCUT2D eigenvalue weighted by molar-refractivity contribution is 5.09.